The van der Waals surface area contributed by atoms with Crippen molar-refractivity contribution >= 4 is 5.78 Å². The van der Waals surface area contributed by atoms with E-state index >= 15 is 0 Å². The number of rotatable bonds is 8. The zero-order valence-corrected chi connectivity index (χ0v) is 11.7. The van der Waals surface area contributed by atoms with Crippen molar-refractivity contribution in [2.75, 3.05) is 7.11 Å². The van der Waals surface area contributed by atoms with E-state index in [9.17, 15) is 9.90 Å². The zero-order chi connectivity index (χ0) is 14.1. The maximum Gasteiger partial charge on any atom is 0.160 e. The molecule has 1 aromatic carbocycles. The number of phenols is 1. The number of aryl methyl sites for hydroxylation is 1. The highest BCUT2D eigenvalue weighted by atomic mass is 16.5. The van der Waals surface area contributed by atoms with Crippen LogP contribution in [0, 0.1) is 0 Å². The minimum Gasteiger partial charge on any atom is -0.504 e. The van der Waals surface area contributed by atoms with Crippen LogP contribution >= 0.6 is 0 Å². The molecule has 0 radical (unpaired) electrons. The van der Waals surface area contributed by atoms with Crippen LogP contribution in [0.5, 0.6) is 11.5 Å². The molecule has 0 aliphatic rings. The highest BCUT2D eigenvalue weighted by Gasteiger charge is 2.01. The first-order valence-corrected chi connectivity index (χ1v) is 6.72. The summed E-state index contributed by atoms with van der Waals surface area (Å²) < 4.78 is 4.99. The molecule has 1 N–H and O–H groups in total. The number of hydrogen-bond acceptors (Lipinski definition) is 3. The Kier molecular flexibility index (Phi) is 6.72. The number of carbonyl (C=O) groups is 1. The molecule has 1 rings (SSSR count). The lowest BCUT2D eigenvalue weighted by Gasteiger charge is -2.05. The molecule has 1 aromatic rings. The molecular formula is C16H22O3. The van der Waals surface area contributed by atoms with E-state index in [4.69, 9.17) is 4.74 Å². The monoisotopic (exact) mass is 262 g/mol. The molecule has 0 amide bonds. The highest BCUT2D eigenvalue weighted by molar-refractivity contribution is 5.89. The van der Waals surface area contributed by atoms with Crippen LogP contribution in [-0.2, 0) is 11.2 Å². The van der Waals surface area contributed by atoms with Crippen LogP contribution in [0.2, 0.25) is 0 Å². The molecule has 0 atom stereocenters. The molecule has 0 saturated carbocycles. The maximum atomic E-state index is 11.4. The van der Waals surface area contributed by atoms with Gasteiger partial charge in [-0.1, -0.05) is 25.5 Å². The summed E-state index contributed by atoms with van der Waals surface area (Å²) in [5.41, 5.74) is 1.03. The van der Waals surface area contributed by atoms with Crippen LogP contribution < -0.4 is 4.74 Å². The van der Waals surface area contributed by atoms with E-state index < -0.39 is 0 Å². The summed E-state index contributed by atoms with van der Waals surface area (Å²) in [6.07, 6.45) is 7.80. The molecule has 0 aliphatic heterocycles. The number of hydrogen-bond donors (Lipinski definition) is 1. The number of carbonyl (C=O) groups excluding carboxylic acids is 1. The average molecular weight is 262 g/mol. The van der Waals surface area contributed by atoms with Gasteiger partial charge in [0.05, 0.1) is 7.11 Å². The van der Waals surface area contributed by atoms with Crippen molar-refractivity contribution in [1.29, 1.82) is 0 Å². The van der Waals surface area contributed by atoms with Crippen LogP contribution in [0.15, 0.2) is 30.4 Å². The van der Waals surface area contributed by atoms with Gasteiger partial charge < -0.3 is 9.84 Å². The van der Waals surface area contributed by atoms with Gasteiger partial charge in [0.2, 0.25) is 0 Å². The first-order valence-electron chi connectivity index (χ1n) is 6.72. The molecule has 104 valence electrons. The third-order valence-corrected chi connectivity index (χ3v) is 2.92. The fraction of sp³-hybridized carbons (Fsp3) is 0.438. The molecule has 0 aromatic heterocycles. The Balaban J connectivity index is 2.38. The average Bonchev–Trinajstić information content (AvgIpc) is 2.41. The largest absolute Gasteiger partial charge is 0.504 e. The predicted molar refractivity (Wildman–Crippen MR) is 76.7 cm³/mol. The predicted octanol–water partition coefficient (Wildman–Crippen LogP) is 3.65. The summed E-state index contributed by atoms with van der Waals surface area (Å²) in [5, 5.41) is 9.64. The zero-order valence-electron chi connectivity index (χ0n) is 11.7. The van der Waals surface area contributed by atoms with Crippen molar-refractivity contribution < 1.29 is 14.6 Å². The van der Waals surface area contributed by atoms with Gasteiger partial charge in [-0.05, 0) is 43.0 Å². The van der Waals surface area contributed by atoms with Gasteiger partial charge >= 0.3 is 0 Å². The van der Waals surface area contributed by atoms with Gasteiger partial charge in [0.25, 0.3) is 0 Å². The van der Waals surface area contributed by atoms with Gasteiger partial charge in [-0.2, -0.15) is 0 Å². The number of ketones is 1. The molecule has 3 heteroatoms. The molecular weight excluding hydrogens is 240 g/mol. The van der Waals surface area contributed by atoms with E-state index in [0.29, 0.717) is 12.2 Å². The molecule has 3 nitrogen and oxygen atoms in total. The van der Waals surface area contributed by atoms with Gasteiger partial charge in [-0.15, -0.1) is 0 Å². The molecule has 0 unspecified atom stereocenters. The summed E-state index contributed by atoms with van der Waals surface area (Å²) in [5.74, 6) is 0.830. The summed E-state index contributed by atoms with van der Waals surface area (Å²) in [7, 11) is 1.53. The smallest absolute Gasteiger partial charge is 0.160 e. The number of allylic oxidation sites excluding steroid dienone is 2. The van der Waals surface area contributed by atoms with E-state index in [1.54, 1.807) is 18.2 Å². The second-order valence-corrected chi connectivity index (χ2v) is 4.52. The van der Waals surface area contributed by atoms with Crippen LogP contribution in [0.25, 0.3) is 0 Å². The molecule has 0 aliphatic carbocycles. The van der Waals surface area contributed by atoms with Crippen LogP contribution in [-0.4, -0.2) is 18.0 Å². The quantitative estimate of drug-likeness (QED) is 0.727. The van der Waals surface area contributed by atoms with E-state index in [-0.39, 0.29) is 11.5 Å². The topological polar surface area (TPSA) is 46.5 Å². The van der Waals surface area contributed by atoms with E-state index in [1.807, 2.05) is 12.1 Å². The van der Waals surface area contributed by atoms with Crippen molar-refractivity contribution in [2.24, 2.45) is 0 Å². The first kappa shape index (κ1) is 15.3. The lowest BCUT2D eigenvalue weighted by Crippen LogP contribution is -1.92. The first-order chi connectivity index (χ1) is 9.17. The summed E-state index contributed by atoms with van der Waals surface area (Å²) >= 11 is 0. The molecule has 0 bridgehead atoms. The Labute approximate surface area is 114 Å². The van der Waals surface area contributed by atoms with Gasteiger partial charge in [0.15, 0.2) is 17.3 Å². The van der Waals surface area contributed by atoms with Crippen molar-refractivity contribution in [3.63, 3.8) is 0 Å². The van der Waals surface area contributed by atoms with Gasteiger partial charge in [0, 0.05) is 6.42 Å². The summed E-state index contributed by atoms with van der Waals surface area (Å²) in [4.78, 5) is 11.4. The molecule has 0 heterocycles. The van der Waals surface area contributed by atoms with E-state index in [0.717, 1.165) is 31.2 Å². The van der Waals surface area contributed by atoms with E-state index in [1.165, 1.54) is 7.11 Å². The fourth-order valence-corrected chi connectivity index (χ4v) is 1.79. The third kappa shape index (κ3) is 5.60. The molecule has 19 heavy (non-hydrogen) atoms. The normalized spacial score (nSPS) is 10.8. The van der Waals surface area contributed by atoms with Crippen molar-refractivity contribution in [3.05, 3.63) is 35.9 Å². The van der Waals surface area contributed by atoms with Crippen LogP contribution in [0.4, 0.5) is 0 Å². The number of benzene rings is 1. The number of phenolic OH excluding ortho intramolecular Hbond substituents is 1. The number of methoxy groups -OCH3 is 1. The van der Waals surface area contributed by atoms with E-state index in [2.05, 4.69) is 6.92 Å². The summed E-state index contributed by atoms with van der Waals surface area (Å²) in [6, 6.07) is 5.37. The highest BCUT2D eigenvalue weighted by Crippen LogP contribution is 2.26. The lowest BCUT2D eigenvalue weighted by atomic mass is 10.1. The summed E-state index contributed by atoms with van der Waals surface area (Å²) in [6.45, 7) is 2.08. The SMILES string of the molecule is CCCCC(=O)C=CCCc1ccc(OC)c(O)c1. The Morgan fingerprint density at radius 3 is 2.84 bits per heavy atom. The fourth-order valence-electron chi connectivity index (χ4n) is 1.79. The Hall–Kier alpha value is -1.77. The maximum absolute atomic E-state index is 11.4. The number of unbranched alkanes of at least 4 members (excludes halogenated alkanes) is 1. The standard InChI is InChI=1S/C16H22O3/c1-3-4-8-14(17)9-6-5-7-13-10-11-16(19-2)15(18)12-13/h6,9-12,18H,3-5,7-8H2,1-2H3. The Morgan fingerprint density at radius 2 is 2.21 bits per heavy atom. The minimum atomic E-state index is 0.156. The number of aromatic hydroxyl groups is 1. The second-order valence-electron chi connectivity index (χ2n) is 4.52. The second kappa shape index (κ2) is 8.35. The lowest BCUT2D eigenvalue weighted by molar-refractivity contribution is -0.114. The number of ether oxygens (including phenoxy) is 1. The minimum absolute atomic E-state index is 0.156. The van der Waals surface area contributed by atoms with Gasteiger partial charge in [-0.25, -0.2) is 0 Å². The molecule has 0 saturated heterocycles. The Morgan fingerprint density at radius 1 is 1.42 bits per heavy atom. The van der Waals surface area contributed by atoms with Gasteiger partial charge in [-0.3, -0.25) is 4.79 Å². The van der Waals surface area contributed by atoms with Crippen LogP contribution in [0.1, 0.15) is 38.2 Å². The van der Waals surface area contributed by atoms with Crippen molar-refractivity contribution in [2.45, 2.75) is 39.0 Å². The van der Waals surface area contributed by atoms with Crippen molar-refractivity contribution in [3.8, 4) is 11.5 Å². The van der Waals surface area contributed by atoms with Gasteiger partial charge in [0.1, 0.15) is 0 Å². The molecule has 0 spiro atoms. The Bertz CT molecular complexity index is 436. The van der Waals surface area contributed by atoms with Crippen LogP contribution in [0.3, 0.4) is 0 Å². The third-order valence-electron chi connectivity index (χ3n) is 2.92. The molecule has 0 fully saturated rings. The van der Waals surface area contributed by atoms with Crippen molar-refractivity contribution in [1.82, 2.24) is 0 Å².